The summed E-state index contributed by atoms with van der Waals surface area (Å²) in [4.78, 5) is 14.5. The van der Waals surface area contributed by atoms with Crippen molar-refractivity contribution >= 4 is 27.3 Å². The first kappa shape index (κ1) is 18.2. The molecule has 3 rings (SSSR count). The fourth-order valence-corrected chi connectivity index (χ4v) is 3.71. The largest absolute Gasteiger partial charge is 0.497 e. The van der Waals surface area contributed by atoms with Gasteiger partial charge in [0, 0.05) is 23.5 Å². The highest BCUT2D eigenvalue weighted by Crippen LogP contribution is 2.33. The molecule has 0 radical (unpaired) electrons. The van der Waals surface area contributed by atoms with Crippen LogP contribution in [0.2, 0.25) is 0 Å². The van der Waals surface area contributed by atoms with Gasteiger partial charge < -0.3 is 15.0 Å². The number of sulfonamides is 1. The van der Waals surface area contributed by atoms with Crippen LogP contribution in [0.15, 0.2) is 47.4 Å². The lowest BCUT2D eigenvalue weighted by Crippen LogP contribution is -2.37. The average Bonchev–Trinajstić information content (AvgIpc) is 2.89. The van der Waals surface area contributed by atoms with Crippen molar-refractivity contribution in [1.29, 1.82) is 0 Å². The second kappa shape index (κ2) is 6.97. The van der Waals surface area contributed by atoms with Crippen LogP contribution in [0.3, 0.4) is 0 Å². The maximum Gasteiger partial charge on any atom is 0.243 e. The molecule has 3 N–H and O–H groups in total. The molecule has 2 aromatic carbocycles. The van der Waals surface area contributed by atoms with Crippen LogP contribution in [0.25, 0.3) is 0 Å². The number of methoxy groups -OCH3 is 1. The summed E-state index contributed by atoms with van der Waals surface area (Å²) < 4.78 is 28.2. The number of hydrogen-bond acceptors (Lipinski definition) is 5. The van der Waals surface area contributed by atoms with E-state index >= 15 is 0 Å². The zero-order valence-electron chi connectivity index (χ0n) is 14.6. The highest BCUT2D eigenvalue weighted by molar-refractivity contribution is 7.89. The van der Waals surface area contributed by atoms with Crippen LogP contribution in [0.5, 0.6) is 5.75 Å². The number of carbonyl (C=O) groups excluding carboxylic acids is 1. The Kier molecular flexibility index (Phi) is 4.88. The Hall–Kier alpha value is -2.58. The molecule has 0 fully saturated rings. The van der Waals surface area contributed by atoms with Crippen molar-refractivity contribution in [2.75, 3.05) is 23.9 Å². The summed E-state index contributed by atoms with van der Waals surface area (Å²) in [5, 5.41) is 8.05. The molecule has 0 bridgehead atoms. The van der Waals surface area contributed by atoms with Gasteiger partial charge in [0.1, 0.15) is 5.75 Å². The van der Waals surface area contributed by atoms with E-state index in [1.165, 1.54) is 6.07 Å². The number of amides is 1. The van der Waals surface area contributed by atoms with Crippen LogP contribution in [-0.4, -0.2) is 34.0 Å². The molecule has 0 aromatic heterocycles. The second-order valence-electron chi connectivity index (χ2n) is 6.30. The Morgan fingerprint density at radius 1 is 1.31 bits per heavy atom. The summed E-state index contributed by atoms with van der Waals surface area (Å²) in [6.07, 6.45) is 0.658. The second-order valence-corrected chi connectivity index (χ2v) is 7.86. The molecule has 1 atom stereocenters. The van der Waals surface area contributed by atoms with E-state index < -0.39 is 10.0 Å². The maximum absolute atomic E-state index is 12.4. The van der Waals surface area contributed by atoms with E-state index in [-0.39, 0.29) is 23.4 Å². The first-order valence-electron chi connectivity index (χ1n) is 8.14. The van der Waals surface area contributed by atoms with E-state index in [1.54, 1.807) is 43.5 Å². The number of benzene rings is 2. The third-order valence-electron chi connectivity index (χ3n) is 4.40. The number of ether oxygens (including phenoxy) is 1. The Bertz CT molecular complexity index is 943. The van der Waals surface area contributed by atoms with Gasteiger partial charge in [-0.15, -0.1) is 0 Å². The molecule has 0 saturated heterocycles. The molecule has 1 aliphatic heterocycles. The lowest BCUT2D eigenvalue weighted by molar-refractivity contribution is -0.115. The van der Waals surface area contributed by atoms with Gasteiger partial charge in [-0.25, -0.2) is 13.6 Å². The number of hydrogen-bond donors (Lipinski definition) is 2. The van der Waals surface area contributed by atoms with E-state index in [9.17, 15) is 13.2 Å². The molecule has 0 unspecified atom stereocenters. The normalized spacial score (nSPS) is 16.3. The van der Waals surface area contributed by atoms with Gasteiger partial charge in [-0.3, -0.25) is 4.79 Å². The van der Waals surface area contributed by atoms with Crippen LogP contribution < -0.4 is 20.1 Å². The van der Waals surface area contributed by atoms with E-state index in [0.717, 1.165) is 11.3 Å². The van der Waals surface area contributed by atoms with Crippen LogP contribution in [0, 0.1) is 0 Å². The zero-order chi connectivity index (χ0) is 18.9. The van der Waals surface area contributed by atoms with Gasteiger partial charge in [0.25, 0.3) is 0 Å². The SMILES string of the molecule is COc1cccc(NC(=O)CN2c3ccc(S(N)(=O)=O)cc3C[C@H]2C)c1. The summed E-state index contributed by atoms with van der Waals surface area (Å²) in [7, 11) is -2.17. The van der Waals surface area contributed by atoms with E-state index in [1.807, 2.05) is 11.8 Å². The van der Waals surface area contributed by atoms with Gasteiger partial charge in [0.15, 0.2) is 0 Å². The topological polar surface area (TPSA) is 102 Å². The molecule has 0 saturated carbocycles. The predicted molar refractivity (Wildman–Crippen MR) is 100.0 cm³/mol. The number of carbonyl (C=O) groups is 1. The van der Waals surface area contributed by atoms with Gasteiger partial charge in [0.2, 0.25) is 15.9 Å². The summed E-state index contributed by atoms with van der Waals surface area (Å²) in [5.74, 6) is 0.506. The van der Waals surface area contributed by atoms with Crippen LogP contribution in [0.4, 0.5) is 11.4 Å². The highest BCUT2D eigenvalue weighted by atomic mass is 32.2. The summed E-state index contributed by atoms with van der Waals surface area (Å²) in [5.41, 5.74) is 2.38. The smallest absolute Gasteiger partial charge is 0.243 e. The minimum atomic E-state index is -3.74. The van der Waals surface area contributed by atoms with Crippen LogP contribution in [0.1, 0.15) is 12.5 Å². The Labute approximate surface area is 152 Å². The summed E-state index contributed by atoms with van der Waals surface area (Å²) in [6, 6.07) is 12.0. The van der Waals surface area contributed by atoms with Crippen molar-refractivity contribution in [2.45, 2.75) is 24.3 Å². The molecular weight excluding hydrogens is 354 g/mol. The molecule has 2 aromatic rings. The summed E-state index contributed by atoms with van der Waals surface area (Å²) in [6.45, 7) is 2.16. The van der Waals surface area contributed by atoms with Crippen molar-refractivity contribution in [3.05, 3.63) is 48.0 Å². The van der Waals surface area contributed by atoms with Gasteiger partial charge in [0.05, 0.1) is 18.6 Å². The standard InChI is InChI=1S/C18H21N3O4S/c1-12-8-13-9-16(26(19,23)24)6-7-17(13)21(12)11-18(22)20-14-4-3-5-15(10-14)25-2/h3-7,9-10,12H,8,11H2,1-2H3,(H,20,22)(H2,19,23,24)/t12-/m1/s1. The molecule has 7 nitrogen and oxygen atoms in total. The average molecular weight is 375 g/mol. The molecule has 1 amide bonds. The molecule has 26 heavy (non-hydrogen) atoms. The van der Waals surface area contributed by atoms with E-state index in [0.29, 0.717) is 17.9 Å². The molecule has 1 heterocycles. The van der Waals surface area contributed by atoms with Crippen molar-refractivity contribution in [2.24, 2.45) is 5.14 Å². The number of rotatable bonds is 5. The number of primary sulfonamides is 1. The predicted octanol–water partition coefficient (Wildman–Crippen LogP) is 1.73. The first-order chi connectivity index (χ1) is 12.3. The highest BCUT2D eigenvalue weighted by Gasteiger charge is 2.28. The minimum absolute atomic E-state index is 0.0804. The molecule has 0 spiro atoms. The number of nitrogens with one attached hydrogen (secondary N) is 1. The fourth-order valence-electron chi connectivity index (χ4n) is 3.15. The third kappa shape index (κ3) is 3.81. The third-order valence-corrected chi connectivity index (χ3v) is 5.31. The molecule has 8 heteroatoms. The van der Waals surface area contributed by atoms with Crippen LogP contribution >= 0.6 is 0 Å². The van der Waals surface area contributed by atoms with Gasteiger partial charge in [-0.2, -0.15) is 0 Å². The minimum Gasteiger partial charge on any atom is -0.497 e. The van der Waals surface area contributed by atoms with Crippen LogP contribution in [-0.2, 0) is 21.2 Å². The molecule has 0 aliphatic carbocycles. The Balaban J connectivity index is 1.75. The Morgan fingerprint density at radius 2 is 2.08 bits per heavy atom. The lowest BCUT2D eigenvalue weighted by atomic mass is 10.1. The van der Waals surface area contributed by atoms with Crippen molar-refractivity contribution < 1.29 is 17.9 Å². The number of nitrogens with two attached hydrogens (primary N) is 1. The number of nitrogens with zero attached hydrogens (tertiary/aromatic N) is 1. The zero-order valence-corrected chi connectivity index (χ0v) is 15.4. The van der Waals surface area contributed by atoms with Gasteiger partial charge in [-0.1, -0.05) is 6.07 Å². The van der Waals surface area contributed by atoms with Crippen molar-refractivity contribution in [3.8, 4) is 5.75 Å². The van der Waals surface area contributed by atoms with Gasteiger partial charge in [-0.05, 0) is 49.2 Å². The van der Waals surface area contributed by atoms with Crippen molar-refractivity contribution in [3.63, 3.8) is 0 Å². The maximum atomic E-state index is 12.4. The molecule has 138 valence electrons. The first-order valence-corrected chi connectivity index (χ1v) is 9.69. The van der Waals surface area contributed by atoms with Gasteiger partial charge >= 0.3 is 0 Å². The van der Waals surface area contributed by atoms with Crippen molar-refractivity contribution in [1.82, 2.24) is 0 Å². The molecular formula is C18H21N3O4S. The van der Waals surface area contributed by atoms with E-state index in [4.69, 9.17) is 9.88 Å². The number of fused-ring (bicyclic) bond motifs is 1. The van der Waals surface area contributed by atoms with E-state index in [2.05, 4.69) is 5.32 Å². The quantitative estimate of drug-likeness (QED) is 0.829. The number of anilines is 2. The molecule has 1 aliphatic rings. The fraction of sp³-hybridized carbons (Fsp3) is 0.278. The lowest BCUT2D eigenvalue weighted by Gasteiger charge is -2.24. The Morgan fingerprint density at radius 3 is 2.77 bits per heavy atom. The summed E-state index contributed by atoms with van der Waals surface area (Å²) >= 11 is 0. The monoisotopic (exact) mass is 375 g/mol.